The van der Waals surface area contributed by atoms with E-state index in [1.807, 2.05) is 66.2 Å². The normalized spacial score (nSPS) is 15.4. The Morgan fingerprint density at radius 2 is 1.83 bits per heavy atom. The van der Waals surface area contributed by atoms with E-state index in [1.54, 1.807) is 6.20 Å². The number of para-hydroxylation sites is 2. The van der Waals surface area contributed by atoms with Crippen LogP contribution in [0.3, 0.4) is 0 Å². The minimum atomic E-state index is -0.303. The van der Waals surface area contributed by atoms with Crippen LogP contribution in [0.5, 0.6) is 11.5 Å². The number of ether oxygens (including phenoxy) is 2. The summed E-state index contributed by atoms with van der Waals surface area (Å²) in [6, 6.07) is 17.5. The van der Waals surface area contributed by atoms with E-state index in [2.05, 4.69) is 15.2 Å². The number of thioether (sulfide) groups is 1. The molecule has 0 aliphatic carbocycles. The van der Waals surface area contributed by atoms with Crippen molar-refractivity contribution >= 4 is 11.8 Å². The van der Waals surface area contributed by atoms with E-state index in [9.17, 15) is 0 Å². The van der Waals surface area contributed by atoms with Crippen molar-refractivity contribution in [2.45, 2.75) is 17.0 Å². The Kier molecular flexibility index (Phi) is 4.69. The Morgan fingerprint density at radius 1 is 1.03 bits per heavy atom. The third-order valence-electron chi connectivity index (χ3n) is 4.60. The van der Waals surface area contributed by atoms with Gasteiger partial charge < -0.3 is 18.5 Å². The monoisotopic (exact) mass is 406 g/mol. The molecule has 7 nitrogen and oxygen atoms in total. The molecule has 0 amide bonds. The van der Waals surface area contributed by atoms with Gasteiger partial charge in [0.05, 0.1) is 11.9 Å². The molecular weight excluding hydrogens is 388 g/mol. The second-order valence-electron chi connectivity index (χ2n) is 6.54. The van der Waals surface area contributed by atoms with Gasteiger partial charge in [0.25, 0.3) is 0 Å². The highest BCUT2D eigenvalue weighted by Crippen LogP contribution is 2.36. The highest BCUT2D eigenvalue weighted by Gasteiger charge is 2.27. The Hall–Kier alpha value is -3.26. The molecule has 0 saturated heterocycles. The molecule has 0 radical (unpaired) electrons. The number of hydrogen-bond acceptors (Lipinski definition) is 7. The minimum absolute atomic E-state index is 0.303. The molecule has 0 bridgehead atoms. The molecule has 5 rings (SSSR count). The number of oxazole rings is 1. The number of aromatic nitrogens is 4. The summed E-state index contributed by atoms with van der Waals surface area (Å²) in [5.74, 6) is 4.15. The minimum Gasteiger partial charge on any atom is -0.485 e. The van der Waals surface area contributed by atoms with Crippen molar-refractivity contribution in [3.63, 3.8) is 0 Å². The van der Waals surface area contributed by atoms with Crippen LogP contribution in [-0.4, -0.2) is 26.4 Å². The van der Waals surface area contributed by atoms with Gasteiger partial charge >= 0.3 is 0 Å². The maximum atomic E-state index is 6.04. The standard InChI is InChI=1S/C21H18N4O3S/c1-25-20(18-12-26-15-9-5-6-10-16(15)27-18)23-24-21(25)29-13-19-22-11-17(28-19)14-7-3-2-4-8-14/h2-11,18H,12-13H2,1H3/t18-/m1/s1. The summed E-state index contributed by atoms with van der Waals surface area (Å²) in [6.07, 6.45) is 1.45. The largest absolute Gasteiger partial charge is 0.485 e. The maximum absolute atomic E-state index is 6.04. The zero-order chi connectivity index (χ0) is 19.6. The average molecular weight is 406 g/mol. The van der Waals surface area contributed by atoms with Crippen LogP contribution in [0.25, 0.3) is 11.3 Å². The summed E-state index contributed by atoms with van der Waals surface area (Å²) in [5, 5.41) is 9.38. The van der Waals surface area contributed by atoms with Crippen LogP contribution in [-0.2, 0) is 12.8 Å². The molecule has 1 atom stereocenters. The van der Waals surface area contributed by atoms with Crippen LogP contribution in [0.15, 0.2) is 70.4 Å². The zero-order valence-corrected chi connectivity index (χ0v) is 16.5. The van der Waals surface area contributed by atoms with Crippen molar-refractivity contribution in [2.75, 3.05) is 6.61 Å². The van der Waals surface area contributed by atoms with Gasteiger partial charge in [-0.2, -0.15) is 0 Å². The third kappa shape index (κ3) is 3.58. The fraction of sp³-hybridized carbons (Fsp3) is 0.190. The quantitative estimate of drug-likeness (QED) is 0.458. The summed E-state index contributed by atoms with van der Waals surface area (Å²) in [6.45, 7) is 0.397. The molecule has 2 aromatic heterocycles. The van der Waals surface area contributed by atoms with Crippen LogP contribution in [0.4, 0.5) is 0 Å². The van der Waals surface area contributed by atoms with E-state index in [0.29, 0.717) is 24.0 Å². The van der Waals surface area contributed by atoms with E-state index >= 15 is 0 Å². The number of hydrogen-bond donors (Lipinski definition) is 0. The van der Waals surface area contributed by atoms with Crippen LogP contribution < -0.4 is 9.47 Å². The zero-order valence-electron chi connectivity index (χ0n) is 15.7. The van der Waals surface area contributed by atoms with Gasteiger partial charge in [-0.05, 0) is 12.1 Å². The van der Waals surface area contributed by atoms with Crippen molar-refractivity contribution in [2.24, 2.45) is 7.05 Å². The molecule has 3 heterocycles. The molecule has 0 spiro atoms. The molecule has 0 unspecified atom stereocenters. The van der Waals surface area contributed by atoms with E-state index in [1.165, 1.54) is 11.8 Å². The second kappa shape index (κ2) is 7.63. The molecule has 4 aromatic rings. The SMILES string of the molecule is Cn1c(SCc2ncc(-c3ccccc3)o2)nnc1[C@H]1COc2ccccc2O1. The first-order valence-electron chi connectivity index (χ1n) is 9.18. The number of fused-ring (bicyclic) bond motifs is 1. The topological polar surface area (TPSA) is 75.2 Å². The summed E-state index contributed by atoms with van der Waals surface area (Å²) >= 11 is 1.52. The molecule has 0 fully saturated rings. The molecule has 1 aliphatic heterocycles. The summed E-state index contributed by atoms with van der Waals surface area (Å²) in [7, 11) is 1.92. The molecule has 8 heteroatoms. The van der Waals surface area contributed by atoms with Crippen LogP contribution >= 0.6 is 11.8 Å². The fourth-order valence-corrected chi connectivity index (χ4v) is 3.89. The van der Waals surface area contributed by atoms with Crippen LogP contribution in [0, 0.1) is 0 Å². The molecular formula is C21H18N4O3S. The smallest absolute Gasteiger partial charge is 0.205 e. The maximum Gasteiger partial charge on any atom is 0.205 e. The first-order chi connectivity index (χ1) is 14.3. The molecule has 0 saturated carbocycles. The van der Waals surface area contributed by atoms with Gasteiger partial charge in [-0.15, -0.1) is 10.2 Å². The van der Waals surface area contributed by atoms with Gasteiger partial charge in [0, 0.05) is 12.6 Å². The van der Waals surface area contributed by atoms with Crippen LogP contribution in [0.2, 0.25) is 0 Å². The number of nitrogens with zero attached hydrogens (tertiary/aromatic N) is 4. The second-order valence-corrected chi connectivity index (χ2v) is 7.48. The Bertz CT molecular complexity index is 1130. The lowest BCUT2D eigenvalue weighted by atomic mass is 10.2. The number of benzene rings is 2. The molecule has 0 N–H and O–H groups in total. The van der Waals surface area contributed by atoms with E-state index in [4.69, 9.17) is 13.9 Å². The van der Waals surface area contributed by atoms with Crippen molar-refractivity contribution in [3.8, 4) is 22.8 Å². The van der Waals surface area contributed by atoms with Crippen molar-refractivity contribution in [1.82, 2.24) is 19.7 Å². The van der Waals surface area contributed by atoms with E-state index in [0.717, 1.165) is 28.1 Å². The van der Waals surface area contributed by atoms with E-state index in [-0.39, 0.29) is 6.10 Å². The Labute approximate surface area is 171 Å². The van der Waals surface area contributed by atoms with Gasteiger partial charge in [0.2, 0.25) is 5.89 Å². The Morgan fingerprint density at radius 3 is 2.69 bits per heavy atom. The highest BCUT2D eigenvalue weighted by atomic mass is 32.2. The van der Waals surface area contributed by atoms with Gasteiger partial charge in [0.1, 0.15) is 6.61 Å². The first-order valence-corrected chi connectivity index (χ1v) is 10.2. The lowest BCUT2D eigenvalue weighted by Crippen LogP contribution is -2.24. The Balaban J connectivity index is 1.27. The van der Waals surface area contributed by atoms with Gasteiger partial charge in [-0.3, -0.25) is 0 Å². The van der Waals surface area contributed by atoms with E-state index < -0.39 is 0 Å². The third-order valence-corrected chi connectivity index (χ3v) is 5.61. The molecule has 2 aromatic carbocycles. The molecule has 29 heavy (non-hydrogen) atoms. The van der Waals surface area contributed by atoms with Crippen molar-refractivity contribution in [3.05, 3.63) is 72.5 Å². The predicted octanol–water partition coefficient (Wildman–Crippen LogP) is 4.27. The van der Waals surface area contributed by atoms with Gasteiger partial charge in [-0.25, -0.2) is 4.98 Å². The number of rotatable bonds is 5. The highest BCUT2D eigenvalue weighted by molar-refractivity contribution is 7.98. The van der Waals surface area contributed by atoms with Crippen molar-refractivity contribution in [1.29, 1.82) is 0 Å². The first kappa shape index (κ1) is 17.8. The van der Waals surface area contributed by atoms with Crippen molar-refractivity contribution < 1.29 is 13.9 Å². The molecule has 146 valence electrons. The molecule has 1 aliphatic rings. The fourth-order valence-electron chi connectivity index (χ4n) is 3.12. The lowest BCUT2D eigenvalue weighted by Gasteiger charge is -2.25. The lowest BCUT2D eigenvalue weighted by molar-refractivity contribution is 0.0825. The van der Waals surface area contributed by atoms with Gasteiger partial charge in [0.15, 0.2) is 34.3 Å². The van der Waals surface area contributed by atoms with Gasteiger partial charge in [-0.1, -0.05) is 54.2 Å². The van der Waals surface area contributed by atoms with Crippen LogP contribution in [0.1, 0.15) is 17.8 Å². The summed E-state index contributed by atoms with van der Waals surface area (Å²) in [4.78, 5) is 4.37. The summed E-state index contributed by atoms with van der Waals surface area (Å²) < 4.78 is 19.6. The summed E-state index contributed by atoms with van der Waals surface area (Å²) in [5.41, 5.74) is 1.01. The predicted molar refractivity (Wildman–Crippen MR) is 108 cm³/mol. The average Bonchev–Trinajstić information content (AvgIpc) is 3.39.